The highest BCUT2D eigenvalue weighted by Gasteiger charge is 2.12. The third-order valence-corrected chi connectivity index (χ3v) is 3.12. The molecule has 0 amide bonds. The van der Waals surface area contributed by atoms with Gasteiger partial charge in [0.25, 0.3) is 0 Å². The number of benzene rings is 2. The van der Waals surface area contributed by atoms with E-state index in [1.807, 2.05) is 6.92 Å². The van der Waals surface area contributed by atoms with Crippen molar-refractivity contribution < 1.29 is 19.0 Å². The number of halogens is 1. The van der Waals surface area contributed by atoms with E-state index in [1.165, 1.54) is 30.3 Å². The summed E-state index contributed by atoms with van der Waals surface area (Å²) >= 11 is 0. The van der Waals surface area contributed by atoms with Gasteiger partial charge in [-0.25, -0.2) is 9.18 Å². The Hall–Kier alpha value is -2.62. The van der Waals surface area contributed by atoms with Gasteiger partial charge in [0.1, 0.15) is 11.6 Å². The number of hydrogen-bond acceptors (Lipinski definition) is 2. The fraction of sp³-hybridized carbons (Fsp3) is 0.118. The summed E-state index contributed by atoms with van der Waals surface area (Å²) in [5.41, 5.74) is 2.20. The summed E-state index contributed by atoms with van der Waals surface area (Å²) in [4.78, 5) is 11.5. The molecule has 0 aromatic heterocycles. The predicted molar refractivity (Wildman–Crippen MR) is 79.6 cm³/mol. The highest BCUT2D eigenvalue weighted by atomic mass is 19.1. The number of aliphatic carboxylic acids is 1. The van der Waals surface area contributed by atoms with Crippen molar-refractivity contribution in [3.05, 3.63) is 65.0 Å². The molecule has 2 rings (SSSR count). The minimum Gasteiger partial charge on any atom is -0.496 e. The van der Waals surface area contributed by atoms with Crippen molar-refractivity contribution in [3.63, 3.8) is 0 Å². The number of hydrogen-bond donors (Lipinski definition) is 1. The number of aryl methyl sites for hydroxylation is 1. The molecule has 2 aromatic rings. The molecule has 0 heterocycles. The van der Waals surface area contributed by atoms with Crippen LogP contribution in [0.25, 0.3) is 11.6 Å². The molecule has 0 fully saturated rings. The Morgan fingerprint density at radius 3 is 2.38 bits per heavy atom. The largest absolute Gasteiger partial charge is 0.496 e. The Bertz CT molecular complexity index is 688. The Morgan fingerprint density at radius 1 is 1.19 bits per heavy atom. The predicted octanol–water partition coefficient (Wildman–Crippen LogP) is 3.77. The number of methoxy groups -OCH3 is 1. The SMILES string of the molecule is COc1ccc(/C(=C/c2ccc(F)cc2)C(=O)O)cc1C. The molecule has 0 aliphatic rings. The van der Waals surface area contributed by atoms with Crippen LogP contribution < -0.4 is 4.74 Å². The first kappa shape index (κ1) is 14.8. The van der Waals surface area contributed by atoms with Gasteiger partial charge in [-0.1, -0.05) is 18.2 Å². The second kappa shape index (κ2) is 6.22. The van der Waals surface area contributed by atoms with Gasteiger partial charge in [0.05, 0.1) is 12.7 Å². The molecular weight excluding hydrogens is 271 g/mol. The van der Waals surface area contributed by atoms with Crippen LogP contribution in [0.5, 0.6) is 5.75 Å². The molecule has 108 valence electrons. The van der Waals surface area contributed by atoms with Crippen molar-refractivity contribution >= 4 is 17.6 Å². The minimum absolute atomic E-state index is 0.146. The van der Waals surface area contributed by atoms with E-state index in [0.717, 1.165) is 5.56 Å². The summed E-state index contributed by atoms with van der Waals surface area (Å²) in [7, 11) is 1.56. The second-order valence-corrected chi connectivity index (χ2v) is 4.60. The van der Waals surface area contributed by atoms with Crippen LogP contribution in [0.15, 0.2) is 42.5 Å². The minimum atomic E-state index is -1.04. The maximum absolute atomic E-state index is 12.9. The molecule has 21 heavy (non-hydrogen) atoms. The van der Waals surface area contributed by atoms with Crippen LogP contribution in [0.4, 0.5) is 4.39 Å². The Balaban J connectivity index is 2.46. The van der Waals surface area contributed by atoms with Crippen molar-refractivity contribution in [2.45, 2.75) is 6.92 Å². The number of carbonyl (C=O) groups is 1. The quantitative estimate of drug-likeness (QED) is 0.687. The molecule has 2 aromatic carbocycles. The van der Waals surface area contributed by atoms with Gasteiger partial charge in [-0.15, -0.1) is 0 Å². The number of rotatable bonds is 4. The van der Waals surface area contributed by atoms with Gasteiger partial charge in [-0.2, -0.15) is 0 Å². The molecule has 1 N–H and O–H groups in total. The zero-order chi connectivity index (χ0) is 15.4. The lowest BCUT2D eigenvalue weighted by atomic mass is 10.0. The second-order valence-electron chi connectivity index (χ2n) is 4.60. The van der Waals surface area contributed by atoms with Crippen LogP contribution in [0, 0.1) is 12.7 Å². The van der Waals surface area contributed by atoms with E-state index < -0.39 is 5.97 Å². The maximum Gasteiger partial charge on any atom is 0.336 e. The first-order valence-corrected chi connectivity index (χ1v) is 6.37. The third-order valence-electron chi connectivity index (χ3n) is 3.12. The van der Waals surface area contributed by atoms with Gasteiger partial charge < -0.3 is 9.84 Å². The Labute approximate surface area is 122 Å². The molecule has 0 aliphatic carbocycles. The summed E-state index contributed by atoms with van der Waals surface area (Å²) < 4.78 is 18.1. The first-order chi connectivity index (χ1) is 10.0. The zero-order valence-electron chi connectivity index (χ0n) is 11.8. The lowest BCUT2D eigenvalue weighted by Crippen LogP contribution is -2.00. The van der Waals surface area contributed by atoms with Crippen LogP contribution in [-0.4, -0.2) is 18.2 Å². The van der Waals surface area contributed by atoms with Gasteiger partial charge >= 0.3 is 5.97 Å². The van der Waals surface area contributed by atoms with Crippen LogP contribution in [0.3, 0.4) is 0 Å². The molecule has 0 aliphatic heterocycles. The van der Waals surface area contributed by atoms with Crippen molar-refractivity contribution in [3.8, 4) is 5.75 Å². The van der Waals surface area contributed by atoms with Gasteiger partial charge in [0, 0.05) is 0 Å². The first-order valence-electron chi connectivity index (χ1n) is 6.37. The normalized spacial score (nSPS) is 11.3. The number of carboxylic acid groups (broad SMARTS) is 1. The fourth-order valence-electron chi connectivity index (χ4n) is 2.04. The van der Waals surface area contributed by atoms with Crippen molar-refractivity contribution in [2.24, 2.45) is 0 Å². The zero-order valence-corrected chi connectivity index (χ0v) is 11.8. The van der Waals surface area contributed by atoms with E-state index in [1.54, 1.807) is 25.3 Å². The third kappa shape index (κ3) is 3.48. The van der Waals surface area contributed by atoms with E-state index in [2.05, 4.69) is 0 Å². The van der Waals surface area contributed by atoms with E-state index in [0.29, 0.717) is 16.9 Å². The monoisotopic (exact) mass is 286 g/mol. The van der Waals surface area contributed by atoms with E-state index >= 15 is 0 Å². The average molecular weight is 286 g/mol. The molecule has 0 atom stereocenters. The van der Waals surface area contributed by atoms with Crippen molar-refractivity contribution in [1.82, 2.24) is 0 Å². The van der Waals surface area contributed by atoms with Gasteiger partial charge in [0.15, 0.2) is 0 Å². The smallest absolute Gasteiger partial charge is 0.336 e. The summed E-state index contributed by atoms with van der Waals surface area (Å²) in [5, 5.41) is 9.39. The average Bonchev–Trinajstić information content (AvgIpc) is 2.46. The van der Waals surface area contributed by atoms with Crippen LogP contribution >= 0.6 is 0 Å². The highest BCUT2D eigenvalue weighted by Crippen LogP contribution is 2.25. The van der Waals surface area contributed by atoms with Gasteiger partial charge in [-0.3, -0.25) is 0 Å². The van der Waals surface area contributed by atoms with Crippen LogP contribution in [0.2, 0.25) is 0 Å². The lowest BCUT2D eigenvalue weighted by molar-refractivity contribution is -0.130. The van der Waals surface area contributed by atoms with Crippen molar-refractivity contribution in [2.75, 3.05) is 7.11 Å². The van der Waals surface area contributed by atoms with Gasteiger partial charge in [0.2, 0.25) is 0 Å². The van der Waals surface area contributed by atoms with Crippen molar-refractivity contribution in [1.29, 1.82) is 0 Å². The van der Waals surface area contributed by atoms with E-state index in [4.69, 9.17) is 4.74 Å². The summed E-state index contributed by atoms with van der Waals surface area (Å²) in [6, 6.07) is 10.8. The maximum atomic E-state index is 12.9. The van der Waals surface area contributed by atoms with E-state index in [9.17, 15) is 14.3 Å². The molecule has 0 unspecified atom stereocenters. The molecule has 0 spiro atoms. The number of carboxylic acids is 1. The lowest BCUT2D eigenvalue weighted by Gasteiger charge is -2.08. The Morgan fingerprint density at radius 2 is 1.86 bits per heavy atom. The molecule has 0 saturated heterocycles. The molecule has 0 bridgehead atoms. The Kier molecular flexibility index (Phi) is 4.38. The highest BCUT2D eigenvalue weighted by molar-refractivity contribution is 6.20. The van der Waals surface area contributed by atoms with Gasteiger partial charge in [-0.05, 0) is 54.0 Å². The molecule has 0 radical (unpaired) electrons. The molecule has 3 nitrogen and oxygen atoms in total. The van der Waals surface area contributed by atoms with Crippen LogP contribution in [0.1, 0.15) is 16.7 Å². The topological polar surface area (TPSA) is 46.5 Å². The fourth-order valence-corrected chi connectivity index (χ4v) is 2.04. The standard InChI is InChI=1S/C17H15FO3/c1-11-9-13(5-8-16(11)21-2)15(17(19)20)10-12-3-6-14(18)7-4-12/h3-10H,1-2H3,(H,19,20)/b15-10-. The van der Waals surface area contributed by atoms with E-state index in [-0.39, 0.29) is 11.4 Å². The summed E-state index contributed by atoms with van der Waals surface area (Å²) in [6.45, 7) is 1.85. The molecule has 4 heteroatoms. The number of ether oxygens (including phenoxy) is 1. The van der Waals surface area contributed by atoms with Crippen LogP contribution in [-0.2, 0) is 4.79 Å². The molecular formula is C17H15FO3. The molecule has 0 saturated carbocycles. The summed E-state index contributed by atoms with van der Waals surface area (Å²) in [5.74, 6) is -0.696. The summed E-state index contributed by atoms with van der Waals surface area (Å²) in [6.07, 6.45) is 1.52.